The van der Waals surface area contributed by atoms with Crippen LogP contribution in [0.4, 0.5) is 11.8 Å². The molecule has 0 bridgehead atoms. The summed E-state index contributed by atoms with van der Waals surface area (Å²) in [6, 6.07) is 9.91. The molecular weight excluding hydrogens is 330 g/mol. The van der Waals surface area contributed by atoms with Gasteiger partial charge in [-0.3, -0.25) is 4.98 Å². The normalized spacial score (nSPS) is 12.1. The quantitative estimate of drug-likeness (QED) is 0.571. The van der Waals surface area contributed by atoms with E-state index in [9.17, 15) is 5.11 Å². The largest absolute Gasteiger partial charge is 0.482 e. The Morgan fingerprint density at radius 1 is 1.19 bits per heavy atom. The molecule has 0 saturated heterocycles. The zero-order valence-electron chi connectivity index (χ0n) is 14.7. The molecule has 1 atom stereocenters. The highest BCUT2D eigenvalue weighted by atomic mass is 16.5. The van der Waals surface area contributed by atoms with Gasteiger partial charge in [0.2, 0.25) is 5.95 Å². The van der Waals surface area contributed by atoms with Gasteiger partial charge < -0.3 is 20.9 Å². The molecule has 0 saturated carbocycles. The Labute approximate surface area is 152 Å². The second-order valence-electron chi connectivity index (χ2n) is 6.07. The number of hydrogen-bond acceptors (Lipinski definition) is 7. The van der Waals surface area contributed by atoms with E-state index in [1.165, 1.54) is 6.20 Å². The Morgan fingerprint density at radius 2 is 2.00 bits per heavy atom. The average molecular weight is 353 g/mol. The lowest BCUT2D eigenvalue weighted by molar-refractivity contribution is 0.266. The Hall–Kier alpha value is -2.93. The van der Waals surface area contributed by atoms with Crippen LogP contribution in [0, 0.1) is 0 Å². The lowest BCUT2D eigenvalue weighted by atomic mass is 10.1. The molecule has 0 aliphatic carbocycles. The van der Waals surface area contributed by atoms with Gasteiger partial charge in [-0.05, 0) is 17.9 Å². The molecule has 0 amide bonds. The summed E-state index contributed by atoms with van der Waals surface area (Å²) in [6.07, 6.45) is 5.11. The fourth-order valence-electron chi connectivity index (χ4n) is 2.70. The lowest BCUT2D eigenvalue weighted by Crippen LogP contribution is -2.24. The first-order valence-electron chi connectivity index (χ1n) is 8.66. The number of benzene rings is 1. The van der Waals surface area contributed by atoms with E-state index in [-0.39, 0.29) is 25.2 Å². The number of fused-ring (bicyclic) bond motifs is 1. The van der Waals surface area contributed by atoms with Gasteiger partial charge in [-0.1, -0.05) is 37.6 Å². The first kappa shape index (κ1) is 17.9. The van der Waals surface area contributed by atoms with Gasteiger partial charge in [0.15, 0.2) is 11.6 Å². The van der Waals surface area contributed by atoms with E-state index in [4.69, 9.17) is 10.5 Å². The third-order valence-electron chi connectivity index (χ3n) is 4.04. The predicted molar refractivity (Wildman–Crippen MR) is 102 cm³/mol. The molecule has 2 heterocycles. The van der Waals surface area contributed by atoms with Gasteiger partial charge in [-0.2, -0.15) is 4.98 Å². The molecule has 0 radical (unpaired) electrons. The maximum absolute atomic E-state index is 9.50. The van der Waals surface area contributed by atoms with Crippen LogP contribution >= 0.6 is 0 Å². The van der Waals surface area contributed by atoms with Crippen molar-refractivity contribution in [1.29, 1.82) is 0 Å². The van der Waals surface area contributed by atoms with Crippen LogP contribution in [0.25, 0.3) is 10.8 Å². The molecule has 0 fully saturated rings. The van der Waals surface area contributed by atoms with Gasteiger partial charge in [-0.15, -0.1) is 0 Å². The molecule has 0 spiro atoms. The molecule has 26 heavy (non-hydrogen) atoms. The van der Waals surface area contributed by atoms with Crippen molar-refractivity contribution >= 4 is 22.5 Å². The van der Waals surface area contributed by atoms with E-state index in [0.29, 0.717) is 11.6 Å². The SMILES string of the molecule is CCC[C@@H](CO)Nc1nc(N)ncc1OCc1cc2ccccc2cn1. The summed E-state index contributed by atoms with van der Waals surface area (Å²) in [6.45, 7) is 2.34. The second-order valence-corrected chi connectivity index (χ2v) is 6.07. The third kappa shape index (κ3) is 4.37. The highest BCUT2D eigenvalue weighted by Gasteiger charge is 2.13. The fourth-order valence-corrected chi connectivity index (χ4v) is 2.70. The molecular formula is C19H23N5O2. The zero-order valence-corrected chi connectivity index (χ0v) is 14.7. The van der Waals surface area contributed by atoms with Crippen molar-refractivity contribution in [2.45, 2.75) is 32.4 Å². The molecule has 7 heteroatoms. The summed E-state index contributed by atoms with van der Waals surface area (Å²) >= 11 is 0. The van der Waals surface area contributed by atoms with Crippen LogP contribution in [0.5, 0.6) is 5.75 Å². The van der Waals surface area contributed by atoms with Crippen molar-refractivity contribution in [3.05, 3.63) is 48.4 Å². The molecule has 3 aromatic rings. The van der Waals surface area contributed by atoms with Gasteiger partial charge in [0.25, 0.3) is 0 Å². The minimum absolute atomic E-state index is 0.00339. The molecule has 7 nitrogen and oxygen atoms in total. The molecule has 0 unspecified atom stereocenters. The molecule has 4 N–H and O–H groups in total. The van der Waals surface area contributed by atoms with Crippen molar-refractivity contribution in [2.24, 2.45) is 0 Å². The topological polar surface area (TPSA) is 106 Å². The van der Waals surface area contributed by atoms with Crippen LogP contribution in [-0.4, -0.2) is 32.7 Å². The van der Waals surface area contributed by atoms with E-state index in [2.05, 4.69) is 27.2 Å². The minimum atomic E-state index is -0.115. The first-order chi connectivity index (χ1) is 12.7. The maximum Gasteiger partial charge on any atom is 0.222 e. The van der Waals surface area contributed by atoms with Crippen molar-refractivity contribution < 1.29 is 9.84 Å². The van der Waals surface area contributed by atoms with E-state index in [1.54, 1.807) is 0 Å². The molecule has 136 valence electrons. The summed E-state index contributed by atoms with van der Waals surface area (Å²) in [7, 11) is 0. The smallest absolute Gasteiger partial charge is 0.222 e. The molecule has 0 aliphatic rings. The van der Waals surface area contributed by atoms with Gasteiger partial charge in [0.1, 0.15) is 6.61 Å². The average Bonchev–Trinajstić information content (AvgIpc) is 2.67. The highest BCUT2D eigenvalue weighted by molar-refractivity contribution is 5.81. The third-order valence-corrected chi connectivity index (χ3v) is 4.04. The Bertz CT molecular complexity index is 871. The molecule has 0 aliphatic heterocycles. The van der Waals surface area contributed by atoms with Crippen LogP contribution in [0.2, 0.25) is 0 Å². The van der Waals surface area contributed by atoms with E-state index >= 15 is 0 Å². The Balaban J connectivity index is 1.75. The van der Waals surface area contributed by atoms with Gasteiger partial charge in [0, 0.05) is 11.6 Å². The number of nitrogens with one attached hydrogen (secondary N) is 1. The van der Waals surface area contributed by atoms with Crippen molar-refractivity contribution in [2.75, 3.05) is 17.7 Å². The summed E-state index contributed by atoms with van der Waals surface area (Å²) in [5.74, 6) is 1.10. The van der Waals surface area contributed by atoms with Gasteiger partial charge >= 0.3 is 0 Å². The summed E-state index contributed by atoms with van der Waals surface area (Å²) in [5, 5.41) is 14.9. The highest BCUT2D eigenvalue weighted by Crippen LogP contribution is 2.24. The number of aliphatic hydroxyl groups is 1. The fraction of sp³-hybridized carbons (Fsp3) is 0.316. The number of aromatic nitrogens is 3. The predicted octanol–water partition coefficient (Wildman–Crippen LogP) is 2.76. The van der Waals surface area contributed by atoms with Crippen molar-refractivity contribution in [3.8, 4) is 5.75 Å². The summed E-state index contributed by atoms with van der Waals surface area (Å²) in [5.41, 5.74) is 6.50. The monoisotopic (exact) mass is 353 g/mol. The number of rotatable bonds is 8. The van der Waals surface area contributed by atoms with Gasteiger partial charge in [0.05, 0.1) is 24.5 Å². The molecule has 3 rings (SSSR count). The number of anilines is 2. The van der Waals surface area contributed by atoms with Crippen molar-refractivity contribution in [1.82, 2.24) is 15.0 Å². The Kier molecular flexibility index (Phi) is 5.80. The number of hydrogen-bond donors (Lipinski definition) is 3. The van der Waals surface area contributed by atoms with Crippen LogP contribution in [0.15, 0.2) is 42.7 Å². The number of nitrogens with zero attached hydrogens (tertiary/aromatic N) is 3. The van der Waals surface area contributed by atoms with Crippen LogP contribution in [0.1, 0.15) is 25.5 Å². The number of nitrogen functional groups attached to an aromatic ring is 1. The number of aliphatic hydroxyl groups excluding tert-OH is 1. The minimum Gasteiger partial charge on any atom is -0.482 e. The second kappa shape index (κ2) is 8.44. The molecule has 1 aromatic carbocycles. The standard InChI is InChI=1S/C19H23N5O2/c1-2-5-15(11-25)23-18-17(10-22-19(20)24-18)26-12-16-8-13-6-3-4-7-14(13)9-21-16/h3-4,6-10,15,25H,2,5,11-12H2,1H3,(H3,20,22,23,24)/t15-/m0/s1. The zero-order chi connectivity index (χ0) is 18.4. The van der Waals surface area contributed by atoms with Crippen molar-refractivity contribution in [3.63, 3.8) is 0 Å². The first-order valence-corrected chi connectivity index (χ1v) is 8.66. The van der Waals surface area contributed by atoms with Crippen LogP contribution in [-0.2, 0) is 6.61 Å². The lowest BCUT2D eigenvalue weighted by Gasteiger charge is -2.18. The maximum atomic E-state index is 9.50. The Morgan fingerprint density at radius 3 is 2.77 bits per heavy atom. The number of nitrogens with two attached hydrogens (primary N) is 1. The van der Waals surface area contributed by atoms with Gasteiger partial charge in [-0.25, -0.2) is 4.98 Å². The van der Waals surface area contributed by atoms with E-state index in [1.807, 2.05) is 36.5 Å². The number of ether oxygens (including phenoxy) is 1. The van der Waals surface area contributed by atoms with Crippen LogP contribution < -0.4 is 15.8 Å². The number of pyridine rings is 1. The molecule has 2 aromatic heterocycles. The summed E-state index contributed by atoms with van der Waals surface area (Å²) < 4.78 is 5.86. The summed E-state index contributed by atoms with van der Waals surface area (Å²) in [4.78, 5) is 12.6. The van der Waals surface area contributed by atoms with E-state index in [0.717, 1.165) is 29.3 Å². The van der Waals surface area contributed by atoms with E-state index < -0.39 is 0 Å². The van der Waals surface area contributed by atoms with Crippen LogP contribution in [0.3, 0.4) is 0 Å².